The number of carbonyl (C=O) groups is 2. The van der Waals surface area contributed by atoms with E-state index in [-0.39, 0.29) is 11.8 Å². The molecule has 5 nitrogen and oxygen atoms in total. The smallest absolute Gasteiger partial charge is 0.307 e. The van der Waals surface area contributed by atoms with Crippen LogP contribution in [0.1, 0.15) is 39.5 Å². The summed E-state index contributed by atoms with van der Waals surface area (Å²) >= 11 is 0. The van der Waals surface area contributed by atoms with E-state index in [4.69, 9.17) is 0 Å². The van der Waals surface area contributed by atoms with E-state index in [1.54, 1.807) is 11.8 Å². The summed E-state index contributed by atoms with van der Waals surface area (Å²) in [6.07, 6.45) is 2.70. The number of rotatable bonds is 2. The second kappa shape index (κ2) is 5.12. The summed E-state index contributed by atoms with van der Waals surface area (Å²) < 4.78 is 0. The van der Waals surface area contributed by atoms with Crippen molar-refractivity contribution in [2.75, 3.05) is 13.1 Å². The van der Waals surface area contributed by atoms with Crippen molar-refractivity contribution in [1.29, 1.82) is 0 Å². The number of hydrogen-bond acceptors (Lipinski definition) is 3. The van der Waals surface area contributed by atoms with Crippen molar-refractivity contribution >= 4 is 11.9 Å². The lowest BCUT2D eigenvalue weighted by Crippen LogP contribution is -2.51. The molecule has 0 aromatic carbocycles. The van der Waals surface area contributed by atoms with Crippen LogP contribution in [0.3, 0.4) is 0 Å². The highest BCUT2D eigenvalue weighted by molar-refractivity contribution is 5.85. The van der Waals surface area contributed by atoms with Crippen LogP contribution in [-0.4, -0.2) is 45.7 Å². The van der Waals surface area contributed by atoms with E-state index in [1.807, 2.05) is 6.92 Å². The van der Waals surface area contributed by atoms with Gasteiger partial charge in [0.15, 0.2) is 0 Å². The van der Waals surface area contributed by atoms with Gasteiger partial charge in [0.1, 0.15) is 0 Å². The molecular formula is C14H23NO4. The molecule has 1 aliphatic carbocycles. The molecule has 0 spiro atoms. The molecule has 0 radical (unpaired) electrons. The summed E-state index contributed by atoms with van der Waals surface area (Å²) in [6.45, 7) is 4.68. The van der Waals surface area contributed by atoms with Gasteiger partial charge in [-0.3, -0.25) is 9.59 Å². The highest BCUT2D eigenvalue weighted by Crippen LogP contribution is 2.38. The maximum absolute atomic E-state index is 12.5. The number of aliphatic carboxylic acids is 1. The van der Waals surface area contributed by atoms with Gasteiger partial charge in [0, 0.05) is 13.1 Å². The number of carbonyl (C=O) groups excluding carboxylic acids is 1. The lowest BCUT2D eigenvalue weighted by molar-refractivity contribution is -0.151. The molecule has 1 amide bonds. The molecule has 2 N–H and O–H groups in total. The lowest BCUT2D eigenvalue weighted by Gasteiger charge is -2.38. The van der Waals surface area contributed by atoms with E-state index in [2.05, 4.69) is 0 Å². The second-order valence-corrected chi connectivity index (χ2v) is 6.49. The summed E-state index contributed by atoms with van der Waals surface area (Å²) in [7, 11) is 0. The first-order chi connectivity index (χ1) is 8.80. The van der Waals surface area contributed by atoms with Crippen molar-refractivity contribution in [3.63, 3.8) is 0 Å². The average Bonchev–Trinajstić information content (AvgIpc) is 2.69. The van der Waals surface area contributed by atoms with E-state index >= 15 is 0 Å². The van der Waals surface area contributed by atoms with Crippen LogP contribution in [-0.2, 0) is 9.59 Å². The normalized spacial score (nSPS) is 39.3. The average molecular weight is 269 g/mol. The zero-order valence-electron chi connectivity index (χ0n) is 11.6. The molecule has 1 aliphatic heterocycles. The minimum absolute atomic E-state index is 0.0864. The summed E-state index contributed by atoms with van der Waals surface area (Å²) in [5.74, 6) is -1.65. The van der Waals surface area contributed by atoms with E-state index in [0.717, 1.165) is 6.42 Å². The number of amides is 1. The third kappa shape index (κ3) is 3.08. The topological polar surface area (TPSA) is 77.8 Å². The fourth-order valence-electron chi connectivity index (χ4n) is 3.48. The number of hydrogen-bond donors (Lipinski definition) is 2. The summed E-state index contributed by atoms with van der Waals surface area (Å²) in [6, 6.07) is 0. The fourth-order valence-corrected chi connectivity index (χ4v) is 3.48. The van der Waals surface area contributed by atoms with Crippen molar-refractivity contribution < 1.29 is 19.8 Å². The molecule has 5 heteroatoms. The Kier molecular flexibility index (Phi) is 3.85. The number of carboxylic acid groups (broad SMARTS) is 1. The highest BCUT2D eigenvalue weighted by atomic mass is 16.4. The van der Waals surface area contributed by atoms with Gasteiger partial charge in [-0.15, -0.1) is 0 Å². The maximum atomic E-state index is 12.5. The van der Waals surface area contributed by atoms with E-state index in [1.165, 1.54) is 0 Å². The van der Waals surface area contributed by atoms with Crippen LogP contribution in [0.4, 0.5) is 0 Å². The van der Waals surface area contributed by atoms with Gasteiger partial charge in [0.2, 0.25) is 5.91 Å². The van der Waals surface area contributed by atoms with Crippen molar-refractivity contribution in [3.05, 3.63) is 0 Å². The monoisotopic (exact) mass is 269 g/mol. The predicted octanol–water partition coefficient (Wildman–Crippen LogP) is 1.11. The Morgan fingerprint density at radius 1 is 1.26 bits per heavy atom. The molecule has 4 atom stereocenters. The molecule has 1 heterocycles. The molecule has 2 fully saturated rings. The van der Waals surface area contributed by atoms with Gasteiger partial charge < -0.3 is 15.1 Å². The molecule has 2 aliphatic rings. The van der Waals surface area contributed by atoms with Crippen LogP contribution in [0.15, 0.2) is 0 Å². The Hall–Kier alpha value is -1.10. The molecule has 19 heavy (non-hydrogen) atoms. The van der Waals surface area contributed by atoms with Gasteiger partial charge in [-0.2, -0.15) is 0 Å². The van der Waals surface area contributed by atoms with Gasteiger partial charge in [-0.25, -0.2) is 0 Å². The summed E-state index contributed by atoms with van der Waals surface area (Å²) in [5.41, 5.74) is -0.836. The number of likely N-dealkylation sites (tertiary alicyclic amines) is 1. The number of carboxylic acids is 1. The quantitative estimate of drug-likeness (QED) is 0.787. The zero-order chi connectivity index (χ0) is 14.2. The molecule has 0 aromatic heterocycles. The van der Waals surface area contributed by atoms with Crippen LogP contribution < -0.4 is 0 Å². The first kappa shape index (κ1) is 14.3. The molecule has 1 saturated carbocycles. The third-order valence-electron chi connectivity index (χ3n) is 4.42. The third-order valence-corrected chi connectivity index (χ3v) is 4.42. The SMILES string of the molecule is CC1CC(C(=O)O)C(C(=O)N2CCCC(C)(O)C2)C1. The Morgan fingerprint density at radius 3 is 2.47 bits per heavy atom. The lowest BCUT2D eigenvalue weighted by atomic mass is 9.90. The van der Waals surface area contributed by atoms with E-state index < -0.39 is 23.4 Å². The standard InChI is InChI=1S/C14H23NO4/c1-9-6-10(11(7-9)13(17)18)12(16)15-5-3-4-14(2,19)8-15/h9-11,19H,3-8H2,1-2H3,(H,17,18). The molecular weight excluding hydrogens is 246 g/mol. The molecule has 4 unspecified atom stereocenters. The van der Waals surface area contributed by atoms with Crippen molar-refractivity contribution in [3.8, 4) is 0 Å². The Bertz CT molecular complexity index is 380. The first-order valence-electron chi connectivity index (χ1n) is 7.04. The zero-order valence-corrected chi connectivity index (χ0v) is 11.6. The maximum Gasteiger partial charge on any atom is 0.307 e. The van der Waals surface area contributed by atoms with Gasteiger partial charge in [0.05, 0.1) is 17.4 Å². The Balaban J connectivity index is 2.08. The van der Waals surface area contributed by atoms with Crippen molar-refractivity contribution in [1.82, 2.24) is 4.90 Å². The van der Waals surface area contributed by atoms with Gasteiger partial charge in [-0.1, -0.05) is 6.92 Å². The molecule has 2 rings (SSSR count). The largest absolute Gasteiger partial charge is 0.481 e. The summed E-state index contributed by atoms with van der Waals surface area (Å²) in [5, 5.41) is 19.3. The molecule has 0 aromatic rings. The minimum Gasteiger partial charge on any atom is -0.481 e. The molecule has 0 bridgehead atoms. The molecule has 108 valence electrons. The predicted molar refractivity (Wildman–Crippen MR) is 69.5 cm³/mol. The Labute approximate surface area is 113 Å². The van der Waals surface area contributed by atoms with Crippen molar-refractivity contribution in [2.24, 2.45) is 17.8 Å². The number of piperidine rings is 1. The summed E-state index contributed by atoms with van der Waals surface area (Å²) in [4.78, 5) is 25.4. The Morgan fingerprint density at radius 2 is 1.89 bits per heavy atom. The van der Waals surface area contributed by atoms with Crippen LogP contribution in [0, 0.1) is 17.8 Å². The fraction of sp³-hybridized carbons (Fsp3) is 0.857. The molecule has 1 saturated heterocycles. The first-order valence-corrected chi connectivity index (χ1v) is 7.04. The van der Waals surface area contributed by atoms with Gasteiger partial charge >= 0.3 is 5.97 Å². The van der Waals surface area contributed by atoms with Gasteiger partial charge in [-0.05, 0) is 38.5 Å². The van der Waals surface area contributed by atoms with Gasteiger partial charge in [0.25, 0.3) is 0 Å². The van der Waals surface area contributed by atoms with E-state index in [0.29, 0.717) is 32.4 Å². The van der Waals surface area contributed by atoms with E-state index in [9.17, 15) is 19.8 Å². The van der Waals surface area contributed by atoms with Crippen LogP contribution in [0.5, 0.6) is 0 Å². The number of β-amino-alcohol motifs (C(OH)–C–C–N with tert-alkyl or cyclic N) is 1. The minimum atomic E-state index is -0.869. The highest BCUT2D eigenvalue weighted by Gasteiger charge is 2.44. The van der Waals surface area contributed by atoms with Crippen LogP contribution in [0.2, 0.25) is 0 Å². The van der Waals surface area contributed by atoms with Crippen LogP contribution >= 0.6 is 0 Å². The number of aliphatic hydroxyl groups is 1. The number of nitrogens with zero attached hydrogens (tertiary/aromatic N) is 1. The second-order valence-electron chi connectivity index (χ2n) is 6.49. The van der Waals surface area contributed by atoms with Crippen LogP contribution in [0.25, 0.3) is 0 Å². The van der Waals surface area contributed by atoms with Crippen molar-refractivity contribution in [2.45, 2.75) is 45.1 Å².